The van der Waals surface area contributed by atoms with Gasteiger partial charge in [-0.3, -0.25) is 4.79 Å². The zero-order chi connectivity index (χ0) is 16.0. The van der Waals surface area contributed by atoms with E-state index >= 15 is 0 Å². The molecule has 0 unspecified atom stereocenters. The molecule has 0 atom stereocenters. The van der Waals surface area contributed by atoms with E-state index in [0.29, 0.717) is 26.0 Å². The summed E-state index contributed by atoms with van der Waals surface area (Å²) in [5, 5.41) is 9.62. The topological polar surface area (TPSA) is 81.8 Å². The number of hydrogen-bond acceptors (Lipinski definition) is 5. The molecule has 0 heterocycles. The van der Waals surface area contributed by atoms with Crippen molar-refractivity contribution in [1.29, 1.82) is 0 Å². The van der Waals surface area contributed by atoms with Crippen molar-refractivity contribution < 1.29 is 19.4 Å². The Labute approximate surface area is 123 Å². The van der Waals surface area contributed by atoms with Gasteiger partial charge in [0.15, 0.2) is 0 Å². The smallest absolute Gasteiger partial charge is 0.296 e. The lowest BCUT2D eigenvalue weighted by Crippen LogP contribution is -2.42. The summed E-state index contributed by atoms with van der Waals surface area (Å²) >= 11 is 0. The first-order valence-corrected chi connectivity index (χ1v) is 7.15. The first-order valence-electron chi connectivity index (χ1n) is 7.15. The maximum atomic E-state index is 11.9. The summed E-state index contributed by atoms with van der Waals surface area (Å²) < 4.78 is 11.1. The van der Waals surface area contributed by atoms with Crippen molar-refractivity contribution in [3.8, 4) is 0 Å². The van der Waals surface area contributed by atoms with E-state index in [1.807, 2.05) is 27.7 Å². The van der Waals surface area contributed by atoms with Crippen LogP contribution in [0.15, 0.2) is 0 Å². The van der Waals surface area contributed by atoms with Crippen molar-refractivity contribution in [2.75, 3.05) is 13.2 Å². The molecule has 0 aliphatic carbocycles. The number of carbonyl (C=O) groups excluding carboxylic acids is 1. The minimum Gasteiger partial charge on any atom is -0.468 e. The Morgan fingerprint density at radius 3 is 2.15 bits per heavy atom. The van der Waals surface area contributed by atoms with Crippen LogP contribution in [0.1, 0.15) is 54.4 Å². The molecule has 0 aromatic carbocycles. The van der Waals surface area contributed by atoms with Crippen LogP contribution >= 0.6 is 0 Å². The van der Waals surface area contributed by atoms with Gasteiger partial charge in [-0.25, -0.2) is 0 Å². The van der Waals surface area contributed by atoms with E-state index in [2.05, 4.69) is 0 Å². The highest BCUT2D eigenvalue weighted by atomic mass is 16.6. The summed E-state index contributed by atoms with van der Waals surface area (Å²) in [5.41, 5.74) is 3.56. The average Bonchev–Trinajstić information content (AvgIpc) is 2.11. The summed E-state index contributed by atoms with van der Waals surface area (Å²) in [6, 6.07) is 0. The van der Waals surface area contributed by atoms with Crippen LogP contribution in [-0.4, -0.2) is 48.1 Å². The molecule has 0 radical (unpaired) electrons. The quantitative estimate of drug-likeness (QED) is 0.629. The molecule has 0 fully saturated rings. The van der Waals surface area contributed by atoms with E-state index in [1.54, 1.807) is 13.8 Å². The predicted octanol–water partition coefficient (Wildman–Crippen LogP) is 1.60. The Hall–Kier alpha value is -0.585. The predicted molar refractivity (Wildman–Crippen MR) is 82.3 cm³/mol. The van der Waals surface area contributed by atoms with Gasteiger partial charge < -0.3 is 20.3 Å². The van der Waals surface area contributed by atoms with E-state index in [4.69, 9.17) is 15.2 Å². The van der Waals surface area contributed by atoms with E-state index in [0.717, 1.165) is 0 Å². The first-order chi connectivity index (χ1) is 8.87. The van der Waals surface area contributed by atoms with Crippen LogP contribution in [0, 0.1) is 0 Å². The second kappa shape index (κ2) is 7.43. The van der Waals surface area contributed by atoms with Crippen molar-refractivity contribution in [3.05, 3.63) is 0 Å². The maximum Gasteiger partial charge on any atom is 0.296 e. The van der Waals surface area contributed by atoms with Gasteiger partial charge in [0.1, 0.15) is 5.60 Å². The third-order valence-corrected chi connectivity index (χ3v) is 2.91. The molecule has 0 aromatic heterocycles. The molecule has 0 aliphatic rings. The molecule has 0 saturated heterocycles. The van der Waals surface area contributed by atoms with Crippen molar-refractivity contribution in [3.63, 3.8) is 0 Å². The van der Waals surface area contributed by atoms with E-state index in [1.165, 1.54) is 0 Å². The van der Waals surface area contributed by atoms with Gasteiger partial charge in [-0.05, 0) is 60.9 Å². The van der Waals surface area contributed by atoms with Crippen LogP contribution in [-0.2, 0) is 9.47 Å². The second-order valence-electron chi connectivity index (χ2n) is 7.12. The van der Waals surface area contributed by atoms with Crippen molar-refractivity contribution in [2.45, 2.75) is 71.1 Å². The van der Waals surface area contributed by atoms with E-state index < -0.39 is 16.7 Å². The molecule has 0 saturated carbocycles. The molecule has 3 N–H and O–H groups in total. The zero-order valence-electron chi connectivity index (χ0n) is 13.8. The highest BCUT2D eigenvalue weighted by molar-refractivity contribution is 6.74. The van der Waals surface area contributed by atoms with Crippen LogP contribution in [0.5, 0.6) is 0 Å². The number of hydrogen-bond donors (Lipinski definition) is 2. The molecular formula is C14H30BNO4. The molecule has 6 heteroatoms. The molecular weight excluding hydrogens is 257 g/mol. The monoisotopic (exact) mass is 287 g/mol. The second-order valence-corrected chi connectivity index (χ2v) is 7.12. The van der Waals surface area contributed by atoms with E-state index in [-0.39, 0.29) is 13.1 Å². The molecule has 5 nitrogen and oxygen atoms in total. The lowest BCUT2D eigenvalue weighted by Gasteiger charge is -2.29. The van der Waals surface area contributed by atoms with Crippen LogP contribution in [0.3, 0.4) is 0 Å². The highest BCUT2D eigenvalue weighted by Gasteiger charge is 2.30. The largest absolute Gasteiger partial charge is 0.468 e. The number of carbonyl (C=O) groups is 1. The molecule has 0 bridgehead atoms. The third-order valence-electron chi connectivity index (χ3n) is 2.91. The number of rotatable bonds is 9. The fraction of sp³-hybridized carbons (Fsp3) is 0.929. The summed E-state index contributed by atoms with van der Waals surface area (Å²) in [5.74, 6) is -0.295. The summed E-state index contributed by atoms with van der Waals surface area (Å²) in [6.45, 7) is 11.7. The molecule has 0 rings (SSSR count). The lowest BCUT2D eigenvalue weighted by molar-refractivity contribution is -0.00857. The van der Waals surface area contributed by atoms with Crippen LogP contribution in [0.2, 0.25) is 0 Å². The Balaban J connectivity index is 4.22. The van der Waals surface area contributed by atoms with Crippen LogP contribution in [0.4, 0.5) is 4.79 Å². The molecule has 0 amide bonds. The standard InChI is InChI=1S/C14H30BNO4/c1-12(2,18)8-10-19-14(5,6)15-11(17)20-13(3,4)7-9-16/h15,18H,7-10,16H2,1-6H3. The fourth-order valence-corrected chi connectivity index (χ4v) is 1.72. The first kappa shape index (κ1) is 19.4. The number of ether oxygens (including phenoxy) is 2. The van der Waals surface area contributed by atoms with Gasteiger partial charge in [0, 0.05) is 12.1 Å². The fourth-order valence-electron chi connectivity index (χ4n) is 1.72. The minimum atomic E-state index is -0.764. The van der Waals surface area contributed by atoms with E-state index in [9.17, 15) is 9.90 Å². The lowest BCUT2D eigenvalue weighted by atomic mass is 9.62. The van der Waals surface area contributed by atoms with Gasteiger partial charge in [0.25, 0.3) is 13.1 Å². The minimum absolute atomic E-state index is 0.173. The Bertz CT molecular complexity index is 311. The number of nitrogens with two attached hydrogens (primary N) is 1. The Kier molecular flexibility index (Phi) is 7.21. The van der Waals surface area contributed by atoms with Gasteiger partial charge in [-0.15, -0.1) is 0 Å². The van der Waals surface area contributed by atoms with Gasteiger partial charge in [-0.1, -0.05) is 0 Å². The third kappa shape index (κ3) is 10.2. The van der Waals surface area contributed by atoms with Gasteiger partial charge in [0.2, 0.25) is 0 Å². The summed E-state index contributed by atoms with van der Waals surface area (Å²) in [7, 11) is 0.173. The summed E-state index contributed by atoms with van der Waals surface area (Å²) in [6.07, 6.45) is 1.14. The average molecular weight is 287 g/mol. The maximum absolute atomic E-state index is 11.9. The Morgan fingerprint density at radius 1 is 1.15 bits per heavy atom. The Morgan fingerprint density at radius 2 is 1.70 bits per heavy atom. The van der Waals surface area contributed by atoms with Gasteiger partial charge >= 0.3 is 0 Å². The zero-order valence-corrected chi connectivity index (χ0v) is 13.8. The molecule has 20 heavy (non-hydrogen) atoms. The number of aliphatic hydroxyl groups is 1. The van der Waals surface area contributed by atoms with Crippen molar-refractivity contribution in [1.82, 2.24) is 0 Å². The SMILES string of the molecule is CC(C)(O)CCOC(C)(C)BC(=O)OC(C)(C)CCN. The molecule has 0 aromatic rings. The molecule has 118 valence electrons. The highest BCUT2D eigenvalue weighted by Crippen LogP contribution is 2.17. The van der Waals surface area contributed by atoms with Crippen LogP contribution in [0.25, 0.3) is 0 Å². The van der Waals surface area contributed by atoms with Gasteiger partial charge in [0.05, 0.1) is 5.60 Å². The molecule has 0 aliphatic heterocycles. The van der Waals surface area contributed by atoms with Crippen molar-refractivity contribution in [2.24, 2.45) is 5.73 Å². The van der Waals surface area contributed by atoms with Crippen molar-refractivity contribution >= 4 is 13.1 Å². The normalized spacial score (nSPS) is 13.2. The summed E-state index contributed by atoms with van der Waals surface area (Å²) in [4.78, 5) is 11.9. The van der Waals surface area contributed by atoms with Crippen LogP contribution < -0.4 is 5.73 Å². The molecule has 0 spiro atoms. The van der Waals surface area contributed by atoms with Gasteiger partial charge in [-0.2, -0.15) is 0 Å².